The molecule has 2 aromatic rings. The van der Waals surface area contributed by atoms with Crippen molar-refractivity contribution in [1.29, 1.82) is 0 Å². The minimum absolute atomic E-state index is 0. The maximum atomic E-state index is 14.1. The number of carbonyl (C=O) groups excluding carboxylic acids is 1. The molecule has 1 atom stereocenters. The first kappa shape index (κ1) is 19.2. The van der Waals surface area contributed by atoms with Crippen LogP contribution >= 0.6 is 24.2 Å². The van der Waals surface area contributed by atoms with Crippen molar-refractivity contribution < 1.29 is 9.18 Å². The van der Waals surface area contributed by atoms with Crippen molar-refractivity contribution >= 4 is 30.1 Å². The number of thioether (sulfide) groups is 1. The lowest BCUT2D eigenvalue weighted by Gasteiger charge is -2.38. The van der Waals surface area contributed by atoms with Crippen molar-refractivity contribution in [2.75, 3.05) is 18.8 Å². The number of amides is 1. The van der Waals surface area contributed by atoms with Crippen LogP contribution in [0, 0.1) is 5.82 Å². The monoisotopic (exact) mass is 396 g/mol. The van der Waals surface area contributed by atoms with Crippen molar-refractivity contribution in [1.82, 2.24) is 20.4 Å². The van der Waals surface area contributed by atoms with Crippen molar-refractivity contribution in [2.24, 2.45) is 0 Å². The molecule has 140 valence electrons. The first-order chi connectivity index (χ1) is 12.2. The fraction of sp³-hybridized carbons (Fsp3) is 0.444. The van der Waals surface area contributed by atoms with Crippen LogP contribution in [0.2, 0.25) is 0 Å². The van der Waals surface area contributed by atoms with Gasteiger partial charge in [0.15, 0.2) is 0 Å². The molecule has 1 saturated heterocycles. The number of carbonyl (C=O) groups is 1. The first-order valence-electron chi connectivity index (χ1n) is 8.64. The Kier molecular flexibility index (Phi) is 5.89. The number of halogens is 2. The van der Waals surface area contributed by atoms with E-state index in [1.165, 1.54) is 17.8 Å². The number of hydrogen-bond acceptors (Lipinski definition) is 4. The summed E-state index contributed by atoms with van der Waals surface area (Å²) in [6.07, 6.45) is 5.75. The van der Waals surface area contributed by atoms with Gasteiger partial charge in [-0.05, 0) is 50.0 Å². The number of aromatic nitrogens is 2. The smallest absolute Gasteiger partial charge is 0.248 e. The van der Waals surface area contributed by atoms with E-state index in [1.807, 2.05) is 18.3 Å². The second-order valence-corrected chi connectivity index (χ2v) is 7.66. The van der Waals surface area contributed by atoms with E-state index in [1.54, 1.807) is 16.9 Å². The summed E-state index contributed by atoms with van der Waals surface area (Å²) in [5.41, 5.74) is 0.210. The van der Waals surface area contributed by atoms with Crippen LogP contribution in [0.15, 0.2) is 41.6 Å². The summed E-state index contributed by atoms with van der Waals surface area (Å²) in [6.45, 7) is 1.55. The average molecular weight is 397 g/mol. The van der Waals surface area contributed by atoms with Gasteiger partial charge < -0.3 is 10.6 Å². The van der Waals surface area contributed by atoms with E-state index < -0.39 is 5.54 Å². The van der Waals surface area contributed by atoms with Gasteiger partial charge in [0.2, 0.25) is 5.91 Å². The molecule has 0 radical (unpaired) electrons. The van der Waals surface area contributed by atoms with Gasteiger partial charge in [0.1, 0.15) is 11.4 Å². The van der Waals surface area contributed by atoms with Crippen LogP contribution in [0.3, 0.4) is 0 Å². The average Bonchev–Trinajstić information content (AvgIpc) is 3.18. The maximum Gasteiger partial charge on any atom is 0.248 e. The Morgan fingerprint density at radius 3 is 2.88 bits per heavy atom. The van der Waals surface area contributed by atoms with E-state index in [2.05, 4.69) is 15.7 Å². The van der Waals surface area contributed by atoms with Gasteiger partial charge in [-0.25, -0.2) is 4.39 Å². The largest absolute Gasteiger partial charge is 0.347 e. The Hall–Kier alpha value is -1.57. The Morgan fingerprint density at radius 1 is 1.35 bits per heavy atom. The topological polar surface area (TPSA) is 59.0 Å². The molecule has 0 saturated carbocycles. The molecular weight excluding hydrogens is 375 g/mol. The van der Waals surface area contributed by atoms with Gasteiger partial charge in [-0.2, -0.15) is 5.10 Å². The van der Waals surface area contributed by atoms with Crippen molar-refractivity contribution in [3.8, 4) is 0 Å². The zero-order chi connectivity index (χ0) is 17.3. The van der Waals surface area contributed by atoms with Gasteiger partial charge in [-0.3, -0.25) is 9.48 Å². The molecule has 26 heavy (non-hydrogen) atoms. The molecule has 4 rings (SSSR count). The highest BCUT2D eigenvalue weighted by molar-refractivity contribution is 7.99. The number of fused-ring (bicyclic) bond motifs is 1. The van der Waals surface area contributed by atoms with E-state index in [9.17, 15) is 9.18 Å². The normalized spacial score (nSPS) is 21.3. The summed E-state index contributed by atoms with van der Waals surface area (Å²) >= 11 is 1.52. The molecule has 1 unspecified atom stereocenters. The van der Waals surface area contributed by atoms with Gasteiger partial charge in [0.25, 0.3) is 0 Å². The maximum absolute atomic E-state index is 14.1. The molecule has 1 aromatic heterocycles. The van der Waals surface area contributed by atoms with Crippen LogP contribution in [-0.4, -0.2) is 34.5 Å². The molecule has 8 heteroatoms. The molecule has 0 aliphatic carbocycles. The van der Waals surface area contributed by atoms with Crippen LogP contribution in [0.4, 0.5) is 4.39 Å². The summed E-state index contributed by atoms with van der Waals surface area (Å²) < 4.78 is 15.9. The lowest BCUT2D eigenvalue weighted by molar-refractivity contribution is -0.132. The van der Waals surface area contributed by atoms with E-state index in [0.29, 0.717) is 17.7 Å². The number of nitrogens with zero attached hydrogens (tertiary/aromatic N) is 2. The Bertz CT molecular complexity index is 765. The molecule has 2 aliphatic rings. The van der Waals surface area contributed by atoms with E-state index in [-0.39, 0.29) is 30.2 Å². The van der Waals surface area contributed by atoms with E-state index >= 15 is 0 Å². The quantitative estimate of drug-likeness (QED) is 0.837. The van der Waals surface area contributed by atoms with Crippen molar-refractivity contribution in [3.05, 3.63) is 48.0 Å². The fourth-order valence-electron chi connectivity index (χ4n) is 3.75. The summed E-state index contributed by atoms with van der Waals surface area (Å²) in [4.78, 5) is 13.9. The van der Waals surface area contributed by atoms with Gasteiger partial charge >= 0.3 is 0 Å². The molecule has 0 spiro atoms. The van der Waals surface area contributed by atoms with Crippen LogP contribution in [0.5, 0.6) is 0 Å². The highest BCUT2D eigenvalue weighted by Crippen LogP contribution is 2.38. The zero-order valence-electron chi connectivity index (χ0n) is 14.3. The second kappa shape index (κ2) is 7.98. The van der Waals surface area contributed by atoms with Crippen LogP contribution in [-0.2, 0) is 10.3 Å². The van der Waals surface area contributed by atoms with Gasteiger partial charge in [-0.15, -0.1) is 24.2 Å². The standard InChI is InChI=1S/C18H21FN4OS.ClH/c19-14-4-1-3-13-15(5-12-25-16(13)14)22-17(24)18(6-9-20-10-7-18)23-11-2-8-21-23;/h1-4,8,11,15,20H,5-7,9-10,12H2,(H,22,24);1H. The summed E-state index contributed by atoms with van der Waals surface area (Å²) in [5, 5.41) is 10.9. The number of piperidine rings is 1. The number of benzene rings is 1. The Labute approximate surface area is 162 Å². The summed E-state index contributed by atoms with van der Waals surface area (Å²) in [7, 11) is 0. The molecule has 0 bridgehead atoms. The fourth-order valence-corrected chi connectivity index (χ4v) is 4.89. The molecule has 1 fully saturated rings. The molecule has 1 aromatic carbocycles. The van der Waals surface area contributed by atoms with Crippen LogP contribution < -0.4 is 10.6 Å². The highest BCUT2D eigenvalue weighted by Gasteiger charge is 2.43. The molecule has 2 aliphatic heterocycles. The summed E-state index contributed by atoms with van der Waals surface area (Å²) in [6, 6.07) is 6.81. The van der Waals surface area contributed by atoms with Gasteiger partial charge in [-0.1, -0.05) is 12.1 Å². The minimum Gasteiger partial charge on any atom is -0.347 e. The molecule has 1 amide bonds. The third kappa shape index (κ3) is 3.35. The minimum atomic E-state index is -0.674. The highest BCUT2D eigenvalue weighted by atomic mass is 35.5. The molecule has 3 heterocycles. The Balaban J connectivity index is 0.00000196. The molecule has 2 N–H and O–H groups in total. The lowest BCUT2D eigenvalue weighted by atomic mass is 9.86. The first-order valence-corrected chi connectivity index (χ1v) is 9.62. The second-order valence-electron chi connectivity index (χ2n) is 6.55. The van der Waals surface area contributed by atoms with E-state index in [4.69, 9.17) is 0 Å². The van der Waals surface area contributed by atoms with Gasteiger partial charge in [0, 0.05) is 23.0 Å². The summed E-state index contributed by atoms with van der Waals surface area (Å²) in [5.74, 6) is 0.574. The predicted octanol–water partition coefficient (Wildman–Crippen LogP) is 2.88. The molecular formula is C18H22ClFN4OS. The van der Waals surface area contributed by atoms with Crippen molar-refractivity contribution in [2.45, 2.75) is 35.7 Å². The predicted molar refractivity (Wildman–Crippen MR) is 102 cm³/mol. The number of nitrogens with one attached hydrogen (secondary N) is 2. The van der Waals surface area contributed by atoms with E-state index in [0.717, 1.165) is 30.8 Å². The zero-order valence-corrected chi connectivity index (χ0v) is 15.9. The number of hydrogen-bond donors (Lipinski definition) is 2. The number of rotatable bonds is 3. The lowest BCUT2D eigenvalue weighted by Crippen LogP contribution is -2.55. The van der Waals surface area contributed by atoms with Crippen LogP contribution in [0.25, 0.3) is 0 Å². The van der Waals surface area contributed by atoms with Crippen LogP contribution in [0.1, 0.15) is 30.9 Å². The third-order valence-corrected chi connectivity index (χ3v) is 6.29. The van der Waals surface area contributed by atoms with Gasteiger partial charge in [0.05, 0.1) is 6.04 Å². The SMILES string of the molecule is Cl.O=C(NC1CCSc2c(F)cccc21)C1(n2cccn2)CCNCC1. The van der Waals surface area contributed by atoms with Crippen molar-refractivity contribution in [3.63, 3.8) is 0 Å². The molecule has 5 nitrogen and oxygen atoms in total. The Morgan fingerprint density at radius 2 is 2.15 bits per heavy atom. The third-order valence-electron chi connectivity index (χ3n) is 5.13.